The lowest BCUT2D eigenvalue weighted by molar-refractivity contribution is -0.136. The first-order valence-electron chi connectivity index (χ1n) is 9.02. The van der Waals surface area contributed by atoms with Crippen LogP contribution in [-0.2, 0) is 16.0 Å². The number of carbonyl (C=O) groups excluding carboxylic acids is 2. The van der Waals surface area contributed by atoms with E-state index in [0.717, 1.165) is 12.1 Å². The second-order valence-electron chi connectivity index (χ2n) is 6.80. The van der Waals surface area contributed by atoms with E-state index in [1.54, 1.807) is 4.90 Å². The second kappa shape index (κ2) is 8.12. The van der Waals surface area contributed by atoms with Gasteiger partial charge in [0.2, 0.25) is 17.7 Å². The first-order chi connectivity index (χ1) is 12.5. The monoisotopic (exact) mass is 356 g/mol. The van der Waals surface area contributed by atoms with Crippen LogP contribution in [0.25, 0.3) is 0 Å². The van der Waals surface area contributed by atoms with Crippen LogP contribution in [0.1, 0.15) is 50.7 Å². The van der Waals surface area contributed by atoms with Crippen LogP contribution in [-0.4, -0.2) is 39.4 Å². The standard InChI is InChI=1S/C19H24N4O3/c1-13(2)18-21-16(26-22-18)10-11-17(24)23-12-6-9-15(23)19(25)20-14-7-4-3-5-8-14/h3-5,7-8,13,15H,6,9-12H2,1-2H3,(H,20,25). The molecule has 1 aliphatic heterocycles. The second-order valence-corrected chi connectivity index (χ2v) is 6.80. The number of hydrogen-bond acceptors (Lipinski definition) is 5. The van der Waals surface area contributed by atoms with E-state index in [1.807, 2.05) is 44.2 Å². The molecule has 2 aromatic rings. The van der Waals surface area contributed by atoms with Crippen LogP contribution in [0.15, 0.2) is 34.9 Å². The summed E-state index contributed by atoms with van der Waals surface area (Å²) in [5, 5.41) is 6.79. The SMILES string of the molecule is CC(C)c1noc(CCC(=O)N2CCCC2C(=O)Nc2ccccc2)n1. The molecule has 0 radical (unpaired) electrons. The molecular weight excluding hydrogens is 332 g/mol. The molecule has 138 valence electrons. The summed E-state index contributed by atoms with van der Waals surface area (Å²) in [6.07, 6.45) is 2.16. The van der Waals surface area contributed by atoms with Crippen molar-refractivity contribution in [2.24, 2.45) is 0 Å². The van der Waals surface area contributed by atoms with Gasteiger partial charge in [-0.3, -0.25) is 9.59 Å². The summed E-state index contributed by atoms with van der Waals surface area (Å²) in [6.45, 7) is 4.58. The highest BCUT2D eigenvalue weighted by atomic mass is 16.5. The third-order valence-corrected chi connectivity index (χ3v) is 4.47. The minimum Gasteiger partial charge on any atom is -0.339 e. The normalized spacial score (nSPS) is 16.9. The first kappa shape index (κ1) is 18.1. The van der Waals surface area contributed by atoms with Crippen LogP contribution in [0.2, 0.25) is 0 Å². The molecule has 26 heavy (non-hydrogen) atoms. The molecule has 2 heterocycles. The molecule has 0 bridgehead atoms. The molecular formula is C19H24N4O3. The minimum atomic E-state index is -0.420. The topological polar surface area (TPSA) is 88.3 Å². The third-order valence-electron chi connectivity index (χ3n) is 4.47. The number of aryl methyl sites for hydroxylation is 1. The lowest BCUT2D eigenvalue weighted by Crippen LogP contribution is -2.43. The van der Waals surface area contributed by atoms with Crippen LogP contribution in [0, 0.1) is 0 Å². The van der Waals surface area contributed by atoms with Crippen LogP contribution in [0.4, 0.5) is 5.69 Å². The molecule has 1 N–H and O–H groups in total. The molecule has 7 nitrogen and oxygen atoms in total. The molecule has 1 fully saturated rings. The Hall–Kier alpha value is -2.70. The van der Waals surface area contributed by atoms with Gasteiger partial charge in [-0.15, -0.1) is 0 Å². The predicted molar refractivity (Wildman–Crippen MR) is 96.5 cm³/mol. The maximum absolute atomic E-state index is 12.6. The summed E-state index contributed by atoms with van der Waals surface area (Å²) < 4.78 is 5.18. The molecule has 1 aromatic carbocycles. The Balaban J connectivity index is 1.56. The van der Waals surface area contributed by atoms with E-state index < -0.39 is 6.04 Å². The highest BCUT2D eigenvalue weighted by Crippen LogP contribution is 2.21. The molecule has 0 spiro atoms. The number of para-hydroxylation sites is 1. The number of amides is 2. The molecule has 1 aromatic heterocycles. The van der Waals surface area contributed by atoms with E-state index in [1.165, 1.54) is 0 Å². The first-order valence-corrected chi connectivity index (χ1v) is 9.02. The number of carbonyl (C=O) groups is 2. The van der Waals surface area contributed by atoms with E-state index in [2.05, 4.69) is 15.5 Å². The maximum Gasteiger partial charge on any atom is 0.247 e. The van der Waals surface area contributed by atoms with Crippen molar-refractivity contribution in [2.45, 2.75) is 51.5 Å². The van der Waals surface area contributed by atoms with Crippen molar-refractivity contribution >= 4 is 17.5 Å². The zero-order chi connectivity index (χ0) is 18.5. The molecule has 0 aliphatic carbocycles. The number of anilines is 1. The van der Waals surface area contributed by atoms with Gasteiger partial charge in [-0.2, -0.15) is 4.98 Å². The van der Waals surface area contributed by atoms with E-state index >= 15 is 0 Å². The molecule has 1 saturated heterocycles. The number of nitrogens with zero attached hydrogens (tertiary/aromatic N) is 3. The summed E-state index contributed by atoms with van der Waals surface area (Å²) in [5.41, 5.74) is 0.740. The summed E-state index contributed by atoms with van der Waals surface area (Å²) >= 11 is 0. The highest BCUT2D eigenvalue weighted by Gasteiger charge is 2.33. The van der Waals surface area contributed by atoms with Gasteiger partial charge in [0.15, 0.2) is 5.82 Å². The summed E-state index contributed by atoms with van der Waals surface area (Å²) in [6, 6.07) is 8.87. The van der Waals surface area contributed by atoms with Gasteiger partial charge in [0.1, 0.15) is 6.04 Å². The third kappa shape index (κ3) is 4.28. The fraction of sp³-hybridized carbons (Fsp3) is 0.474. The van der Waals surface area contributed by atoms with Gasteiger partial charge in [-0.05, 0) is 25.0 Å². The average molecular weight is 356 g/mol. The quantitative estimate of drug-likeness (QED) is 0.860. The van der Waals surface area contributed by atoms with Crippen LogP contribution in [0.3, 0.4) is 0 Å². The molecule has 3 rings (SSSR count). The number of rotatable bonds is 6. The van der Waals surface area contributed by atoms with E-state index in [0.29, 0.717) is 31.1 Å². The minimum absolute atomic E-state index is 0.0555. The molecule has 1 unspecified atom stereocenters. The number of likely N-dealkylation sites (tertiary alicyclic amines) is 1. The lowest BCUT2D eigenvalue weighted by atomic mass is 10.2. The maximum atomic E-state index is 12.6. The zero-order valence-corrected chi connectivity index (χ0v) is 15.1. The fourth-order valence-corrected chi connectivity index (χ4v) is 3.05. The van der Waals surface area contributed by atoms with Gasteiger partial charge < -0.3 is 14.7 Å². The van der Waals surface area contributed by atoms with E-state index in [9.17, 15) is 9.59 Å². The van der Waals surface area contributed by atoms with Gasteiger partial charge in [0.05, 0.1) is 0 Å². The molecule has 1 aliphatic rings. The van der Waals surface area contributed by atoms with Crippen molar-refractivity contribution in [1.82, 2.24) is 15.0 Å². The van der Waals surface area contributed by atoms with Crippen molar-refractivity contribution in [3.05, 3.63) is 42.0 Å². The van der Waals surface area contributed by atoms with Crippen molar-refractivity contribution in [2.75, 3.05) is 11.9 Å². The number of hydrogen-bond donors (Lipinski definition) is 1. The van der Waals surface area contributed by atoms with Crippen LogP contribution in [0.5, 0.6) is 0 Å². The van der Waals surface area contributed by atoms with E-state index in [-0.39, 0.29) is 24.2 Å². The average Bonchev–Trinajstić information content (AvgIpc) is 3.30. The lowest BCUT2D eigenvalue weighted by Gasteiger charge is -2.23. The van der Waals surface area contributed by atoms with Crippen molar-refractivity contribution in [3.8, 4) is 0 Å². The van der Waals surface area contributed by atoms with Crippen molar-refractivity contribution in [3.63, 3.8) is 0 Å². The molecule has 1 atom stereocenters. The number of benzene rings is 1. The smallest absolute Gasteiger partial charge is 0.247 e. The van der Waals surface area contributed by atoms with Gasteiger partial charge in [-0.1, -0.05) is 37.2 Å². The van der Waals surface area contributed by atoms with Gasteiger partial charge in [-0.25, -0.2) is 0 Å². The highest BCUT2D eigenvalue weighted by molar-refractivity contribution is 5.97. The molecule has 7 heteroatoms. The number of aromatic nitrogens is 2. The molecule has 0 saturated carbocycles. The zero-order valence-electron chi connectivity index (χ0n) is 15.1. The van der Waals surface area contributed by atoms with Crippen molar-refractivity contribution < 1.29 is 14.1 Å². The molecule has 2 amide bonds. The Bertz CT molecular complexity index is 757. The summed E-state index contributed by atoms with van der Waals surface area (Å²) in [5.74, 6) is 1.11. The summed E-state index contributed by atoms with van der Waals surface area (Å²) in [4.78, 5) is 31.1. The van der Waals surface area contributed by atoms with Crippen LogP contribution >= 0.6 is 0 Å². The Morgan fingerprint density at radius 2 is 2.08 bits per heavy atom. The Morgan fingerprint density at radius 3 is 2.77 bits per heavy atom. The Kier molecular flexibility index (Phi) is 5.65. The van der Waals surface area contributed by atoms with Gasteiger partial charge in [0, 0.05) is 31.0 Å². The fourth-order valence-electron chi connectivity index (χ4n) is 3.05. The Labute approximate surface area is 152 Å². The van der Waals surface area contributed by atoms with E-state index in [4.69, 9.17) is 4.52 Å². The van der Waals surface area contributed by atoms with Crippen molar-refractivity contribution in [1.29, 1.82) is 0 Å². The Morgan fingerprint density at radius 1 is 1.31 bits per heavy atom. The number of nitrogens with one attached hydrogen (secondary N) is 1. The van der Waals surface area contributed by atoms with Gasteiger partial charge in [0.25, 0.3) is 0 Å². The predicted octanol–water partition coefficient (Wildman–Crippen LogP) is 2.76. The summed E-state index contributed by atoms with van der Waals surface area (Å²) in [7, 11) is 0. The largest absolute Gasteiger partial charge is 0.339 e. The van der Waals surface area contributed by atoms with Gasteiger partial charge >= 0.3 is 0 Å². The van der Waals surface area contributed by atoms with Crippen LogP contribution < -0.4 is 5.32 Å².